The van der Waals surface area contributed by atoms with Gasteiger partial charge < -0.3 is 0 Å². The Morgan fingerprint density at radius 2 is 0.923 bits per heavy atom. The maximum absolute atomic E-state index is 4.51. The molecule has 0 saturated carbocycles. The highest BCUT2D eigenvalue weighted by Gasteiger charge is 2.27. The molecular weight excluding hydrogens is 625 g/mol. The van der Waals surface area contributed by atoms with Gasteiger partial charge in [0.25, 0.3) is 0 Å². The molecule has 242 valence electrons. The van der Waals surface area contributed by atoms with Gasteiger partial charge >= 0.3 is 0 Å². The number of hydrogen-bond acceptors (Lipinski definition) is 1. The first kappa shape index (κ1) is 30.3. The molecule has 10 rings (SSSR count). The minimum atomic E-state index is 0.466. The molecule has 1 aliphatic heterocycles. The number of allylic oxidation sites excluding steroid dienone is 3. The molecule has 2 heterocycles. The van der Waals surface area contributed by atoms with Crippen LogP contribution in [-0.4, -0.2) is 12.3 Å². The molecule has 1 nitrogen and oxygen atoms in total. The van der Waals surface area contributed by atoms with Gasteiger partial charge in [0.2, 0.25) is 0 Å². The predicted octanol–water partition coefficient (Wildman–Crippen LogP) is 12.8. The van der Waals surface area contributed by atoms with Gasteiger partial charge in [-0.25, -0.2) is 0 Å². The van der Waals surface area contributed by atoms with Crippen LogP contribution in [0.5, 0.6) is 0 Å². The lowest BCUT2D eigenvalue weighted by atomic mass is 9.60. The molecule has 0 saturated heterocycles. The third-order valence-corrected chi connectivity index (χ3v) is 10.9. The molecule has 0 N–H and O–H groups in total. The quantitative estimate of drug-likeness (QED) is 0.162. The van der Waals surface area contributed by atoms with Crippen molar-refractivity contribution in [2.24, 2.45) is 0 Å². The SMILES string of the molecule is B1C=CC=CC1c1ccc(-c2ccc(-c3ccc(-c4ccc(-c5ccc(-c6ccccn6)cc5)cc4)c4c3-c3cccc5cccc-4c35)cc2)cc1. The van der Waals surface area contributed by atoms with Crippen molar-refractivity contribution in [2.45, 2.75) is 5.82 Å². The second-order valence-corrected chi connectivity index (χ2v) is 13.8. The highest BCUT2D eigenvalue weighted by Crippen LogP contribution is 2.54. The summed E-state index contributed by atoms with van der Waals surface area (Å²) in [6.07, 6.45) is 8.43. The van der Waals surface area contributed by atoms with E-state index in [1.54, 1.807) is 0 Å². The summed E-state index contributed by atoms with van der Waals surface area (Å²) in [6.45, 7) is 0. The van der Waals surface area contributed by atoms with Gasteiger partial charge in [0.15, 0.2) is 7.28 Å². The van der Waals surface area contributed by atoms with Gasteiger partial charge in [-0.3, -0.25) is 4.98 Å². The van der Waals surface area contributed by atoms with E-state index in [2.05, 4.69) is 181 Å². The number of aromatic nitrogens is 1. The summed E-state index contributed by atoms with van der Waals surface area (Å²) in [6, 6.07) is 60.2. The van der Waals surface area contributed by atoms with Gasteiger partial charge in [-0.05, 0) is 101 Å². The number of fused-ring (bicyclic) bond motifs is 3. The summed E-state index contributed by atoms with van der Waals surface area (Å²) in [5.41, 5.74) is 18.6. The van der Waals surface area contributed by atoms with Gasteiger partial charge in [-0.2, -0.15) is 0 Å². The number of pyridine rings is 1. The lowest BCUT2D eigenvalue weighted by Gasteiger charge is -2.16. The molecule has 2 aliphatic rings. The number of nitrogens with zero attached hydrogens (tertiary/aromatic N) is 1. The summed E-state index contributed by atoms with van der Waals surface area (Å²) >= 11 is 0. The van der Waals surface area contributed by atoms with Crippen molar-refractivity contribution in [2.75, 3.05) is 0 Å². The van der Waals surface area contributed by atoms with Crippen LogP contribution in [0.2, 0.25) is 0 Å². The van der Waals surface area contributed by atoms with Crippen LogP contribution in [0.4, 0.5) is 0 Å². The molecule has 0 spiro atoms. The van der Waals surface area contributed by atoms with E-state index in [0.29, 0.717) is 5.82 Å². The second kappa shape index (κ2) is 12.7. The first-order valence-electron chi connectivity index (χ1n) is 18.1. The van der Waals surface area contributed by atoms with Crippen molar-refractivity contribution in [1.82, 2.24) is 4.98 Å². The number of hydrogen-bond donors (Lipinski definition) is 0. The molecule has 0 radical (unpaired) electrons. The van der Waals surface area contributed by atoms with Crippen molar-refractivity contribution in [3.8, 4) is 78.0 Å². The fourth-order valence-corrected chi connectivity index (χ4v) is 8.20. The molecular formula is C50H34BN. The van der Waals surface area contributed by atoms with E-state index in [1.807, 2.05) is 18.3 Å². The molecule has 1 aliphatic carbocycles. The van der Waals surface area contributed by atoms with Crippen LogP contribution < -0.4 is 0 Å². The average molecular weight is 660 g/mol. The first-order chi connectivity index (χ1) is 25.8. The number of rotatable bonds is 6. The van der Waals surface area contributed by atoms with E-state index in [1.165, 1.54) is 83.1 Å². The molecule has 8 aromatic rings. The van der Waals surface area contributed by atoms with Gasteiger partial charge in [0, 0.05) is 11.8 Å². The van der Waals surface area contributed by atoms with Crippen LogP contribution in [0.15, 0.2) is 194 Å². The zero-order chi connectivity index (χ0) is 34.4. The zero-order valence-electron chi connectivity index (χ0n) is 28.7. The molecule has 7 aromatic carbocycles. The smallest absolute Gasteiger partial charge is 0.160 e. The van der Waals surface area contributed by atoms with Gasteiger partial charge in [-0.15, -0.1) is 5.98 Å². The highest BCUT2D eigenvalue weighted by atomic mass is 14.7. The molecule has 1 atom stereocenters. The lowest BCUT2D eigenvalue weighted by Crippen LogP contribution is -2.05. The largest absolute Gasteiger partial charge is 0.256 e. The van der Waals surface area contributed by atoms with Crippen LogP contribution >= 0.6 is 0 Å². The molecule has 1 aromatic heterocycles. The Balaban J connectivity index is 1.01. The van der Waals surface area contributed by atoms with Crippen molar-refractivity contribution in [1.29, 1.82) is 0 Å². The Morgan fingerprint density at radius 1 is 0.404 bits per heavy atom. The molecule has 0 bridgehead atoms. The van der Waals surface area contributed by atoms with Crippen LogP contribution in [0.1, 0.15) is 11.4 Å². The standard InChI is InChI=1S/C50H34BN/c1-3-31-51-46(11-1)39-25-17-35(18-26-39)33-13-21-37(22-14-33)42-29-30-43(50-45-10-6-8-41-7-5-9-44(48(41)45)49(42)50)38-23-15-34(16-24-38)36-19-27-40(28-20-36)47-12-2-4-32-52-47/h1-32,46,51H. The Bertz CT molecular complexity index is 2650. The normalized spacial score (nSPS) is 14.0. The van der Waals surface area contributed by atoms with Crippen molar-refractivity contribution < 1.29 is 0 Å². The minimum Gasteiger partial charge on any atom is -0.256 e. The Hall–Kier alpha value is -6.51. The van der Waals surface area contributed by atoms with Crippen molar-refractivity contribution in [3.05, 3.63) is 200 Å². The van der Waals surface area contributed by atoms with Crippen LogP contribution in [-0.2, 0) is 0 Å². The van der Waals surface area contributed by atoms with Crippen LogP contribution in [0.25, 0.3) is 88.8 Å². The summed E-state index contributed by atoms with van der Waals surface area (Å²) < 4.78 is 0. The molecule has 0 fully saturated rings. The monoisotopic (exact) mass is 659 g/mol. The van der Waals surface area contributed by atoms with Crippen molar-refractivity contribution in [3.63, 3.8) is 0 Å². The average Bonchev–Trinajstić information content (AvgIpc) is 3.57. The Morgan fingerprint density at radius 3 is 1.42 bits per heavy atom. The summed E-state index contributed by atoms with van der Waals surface area (Å²) in [5, 5.41) is 2.63. The molecule has 52 heavy (non-hydrogen) atoms. The second-order valence-electron chi connectivity index (χ2n) is 13.8. The maximum atomic E-state index is 4.51. The Labute approximate surface area is 305 Å². The lowest BCUT2D eigenvalue weighted by molar-refractivity contribution is 1.19. The van der Waals surface area contributed by atoms with E-state index in [4.69, 9.17) is 0 Å². The van der Waals surface area contributed by atoms with E-state index < -0.39 is 0 Å². The minimum absolute atomic E-state index is 0.466. The van der Waals surface area contributed by atoms with Crippen molar-refractivity contribution >= 4 is 18.1 Å². The Kier molecular flexibility index (Phi) is 7.39. The first-order valence-corrected chi connectivity index (χ1v) is 18.1. The fourth-order valence-electron chi connectivity index (χ4n) is 8.20. The molecule has 0 amide bonds. The van der Waals surface area contributed by atoms with Crippen LogP contribution in [0.3, 0.4) is 0 Å². The molecule has 1 unspecified atom stereocenters. The third kappa shape index (κ3) is 5.23. The summed E-state index contributed by atoms with van der Waals surface area (Å²) in [5.74, 6) is 2.72. The van der Waals surface area contributed by atoms with Crippen LogP contribution in [0, 0.1) is 0 Å². The predicted molar refractivity (Wildman–Crippen MR) is 222 cm³/mol. The van der Waals surface area contributed by atoms with E-state index in [-0.39, 0.29) is 0 Å². The molecule has 2 heteroatoms. The zero-order valence-corrected chi connectivity index (χ0v) is 28.7. The third-order valence-electron chi connectivity index (χ3n) is 10.9. The highest BCUT2D eigenvalue weighted by molar-refractivity contribution is 6.45. The number of benzene rings is 7. The van der Waals surface area contributed by atoms with E-state index in [0.717, 1.165) is 18.5 Å². The maximum Gasteiger partial charge on any atom is 0.160 e. The van der Waals surface area contributed by atoms with Gasteiger partial charge in [-0.1, -0.05) is 170 Å². The summed E-state index contributed by atoms with van der Waals surface area (Å²) in [7, 11) is 1.07. The van der Waals surface area contributed by atoms with Gasteiger partial charge in [0.1, 0.15) is 0 Å². The van der Waals surface area contributed by atoms with E-state index in [9.17, 15) is 0 Å². The fraction of sp³-hybridized carbons (Fsp3) is 0.0200. The topological polar surface area (TPSA) is 12.9 Å². The van der Waals surface area contributed by atoms with Gasteiger partial charge in [0.05, 0.1) is 5.69 Å². The summed E-state index contributed by atoms with van der Waals surface area (Å²) in [4.78, 5) is 4.51. The van der Waals surface area contributed by atoms with E-state index >= 15 is 0 Å².